The highest BCUT2D eigenvalue weighted by Crippen LogP contribution is 2.42. The first-order chi connectivity index (χ1) is 14.6. The number of hydrogen-bond acceptors (Lipinski definition) is 4. The van der Waals surface area contributed by atoms with Crippen LogP contribution in [-0.4, -0.2) is 23.0 Å². The van der Waals surface area contributed by atoms with Crippen LogP contribution < -0.4 is 11.1 Å². The average molecular weight is 446 g/mol. The van der Waals surface area contributed by atoms with Gasteiger partial charge in [-0.2, -0.15) is 5.26 Å². The van der Waals surface area contributed by atoms with E-state index in [2.05, 4.69) is 24.5 Å². The van der Waals surface area contributed by atoms with E-state index >= 15 is 0 Å². The van der Waals surface area contributed by atoms with Gasteiger partial charge in [0.2, 0.25) is 5.91 Å². The van der Waals surface area contributed by atoms with Crippen LogP contribution in [0.4, 0.5) is 5.69 Å². The molecular formula is C24H32ClN3O3. The number of halogens is 1. The summed E-state index contributed by atoms with van der Waals surface area (Å²) in [5.41, 5.74) is 7.38. The van der Waals surface area contributed by atoms with E-state index in [0.717, 1.165) is 36.8 Å². The molecule has 31 heavy (non-hydrogen) atoms. The Bertz CT molecular complexity index is 809. The summed E-state index contributed by atoms with van der Waals surface area (Å²) in [7, 11) is 0. The van der Waals surface area contributed by atoms with Crippen LogP contribution in [0.1, 0.15) is 57.4 Å². The quantitative estimate of drug-likeness (QED) is 0.282. The van der Waals surface area contributed by atoms with E-state index in [-0.39, 0.29) is 12.3 Å². The van der Waals surface area contributed by atoms with Crippen molar-refractivity contribution in [2.75, 3.05) is 5.73 Å². The number of hydrogen-bond donors (Lipinski definition) is 3. The van der Waals surface area contributed by atoms with Crippen molar-refractivity contribution in [3.05, 3.63) is 53.6 Å². The topological polar surface area (TPSA) is 116 Å². The number of rotatable bonds is 9. The summed E-state index contributed by atoms with van der Waals surface area (Å²) >= 11 is 5.32. The number of carboxylic acid groups (broad SMARTS) is 1. The summed E-state index contributed by atoms with van der Waals surface area (Å²) in [6, 6.07) is 8.12. The largest absolute Gasteiger partial charge is 0.480 e. The highest BCUT2D eigenvalue weighted by Gasteiger charge is 2.41. The van der Waals surface area contributed by atoms with Crippen molar-refractivity contribution < 1.29 is 14.7 Å². The molecule has 1 amide bonds. The molecule has 1 aromatic carbocycles. The summed E-state index contributed by atoms with van der Waals surface area (Å²) in [6.07, 6.45) is 5.40. The van der Waals surface area contributed by atoms with Crippen LogP contribution in [0, 0.1) is 16.7 Å². The third-order valence-corrected chi connectivity index (χ3v) is 5.79. The maximum Gasteiger partial charge on any atom is 0.326 e. The number of nitriles is 1. The van der Waals surface area contributed by atoms with Gasteiger partial charge in [-0.3, -0.25) is 4.79 Å². The second-order valence-corrected chi connectivity index (χ2v) is 8.45. The molecule has 0 heterocycles. The summed E-state index contributed by atoms with van der Waals surface area (Å²) in [6.45, 7) is 8.76. The van der Waals surface area contributed by atoms with Gasteiger partial charge in [0.05, 0.1) is 6.07 Å². The molecule has 4 N–H and O–H groups in total. The van der Waals surface area contributed by atoms with Crippen LogP contribution in [0.2, 0.25) is 0 Å². The van der Waals surface area contributed by atoms with Gasteiger partial charge < -0.3 is 16.2 Å². The molecule has 1 fully saturated rings. The Labute approximate surface area is 189 Å². The number of nitrogens with zero attached hydrogens (tertiary/aromatic N) is 1. The molecular weight excluding hydrogens is 414 g/mol. The molecule has 168 valence electrons. The number of carbonyl (C=O) groups is 2. The van der Waals surface area contributed by atoms with E-state index in [0.29, 0.717) is 30.0 Å². The fraction of sp³-hybridized carbons (Fsp3) is 0.458. The molecule has 1 atom stereocenters. The SMILES string of the molecule is C=C(C)C(=C)Cl.N#CCCCC1(C(=O)NC(Cc2ccc(N)cc2)C(=O)O)CCCC1. The van der Waals surface area contributed by atoms with E-state index in [1.165, 1.54) is 0 Å². The van der Waals surface area contributed by atoms with Gasteiger partial charge in [0.15, 0.2) is 0 Å². The van der Waals surface area contributed by atoms with Crippen LogP contribution in [0.5, 0.6) is 0 Å². The van der Waals surface area contributed by atoms with E-state index in [1.54, 1.807) is 24.3 Å². The molecule has 1 aliphatic rings. The number of anilines is 1. The summed E-state index contributed by atoms with van der Waals surface area (Å²) in [4.78, 5) is 24.4. The Morgan fingerprint density at radius 3 is 2.29 bits per heavy atom. The summed E-state index contributed by atoms with van der Waals surface area (Å²) in [5.74, 6) is -1.24. The number of benzene rings is 1. The van der Waals surface area contributed by atoms with E-state index in [4.69, 9.17) is 22.6 Å². The number of unbranched alkanes of at least 4 members (excludes halogenated alkanes) is 1. The molecule has 0 bridgehead atoms. The molecule has 1 unspecified atom stereocenters. The standard InChI is InChI=1S/C19H25N3O3.C5H7Cl/c20-12-4-3-11-19(9-1-2-10-19)18(25)22-16(17(23)24)13-14-5-7-15(21)8-6-14;1-4(2)5(3)6/h5-8,16H,1-4,9-11,13,21H2,(H,22,25)(H,23,24);1,3H2,2H3. The Morgan fingerprint density at radius 1 is 1.29 bits per heavy atom. The first-order valence-electron chi connectivity index (χ1n) is 10.4. The number of nitrogens with two attached hydrogens (primary N) is 1. The molecule has 1 aromatic rings. The first-order valence-corrected chi connectivity index (χ1v) is 10.7. The minimum Gasteiger partial charge on any atom is -0.480 e. The van der Waals surface area contributed by atoms with Crippen LogP contribution in [0.15, 0.2) is 48.0 Å². The second-order valence-electron chi connectivity index (χ2n) is 7.99. The molecule has 7 heteroatoms. The molecule has 0 saturated heterocycles. The number of carboxylic acids is 1. The highest BCUT2D eigenvalue weighted by atomic mass is 35.5. The Hall–Kier alpha value is -2.78. The van der Waals surface area contributed by atoms with Crippen LogP contribution in [-0.2, 0) is 16.0 Å². The number of amides is 1. The zero-order valence-corrected chi connectivity index (χ0v) is 18.9. The number of aliphatic carboxylic acids is 1. The zero-order valence-electron chi connectivity index (χ0n) is 18.1. The van der Waals surface area contributed by atoms with Crippen molar-refractivity contribution in [2.24, 2.45) is 5.41 Å². The van der Waals surface area contributed by atoms with E-state index < -0.39 is 17.4 Å². The molecule has 2 rings (SSSR count). The van der Waals surface area contributed by atoms with Gasteiger partial charge in [-0.15, -0.1) is 0 Å². The van der Waals surface area contributed by atoms with Gasteiger partial charge >= 0.3 is 5.97 Å². The van der Waals surface area contributed by atoms with Crippen molar-refractivity contribution in [1.82, 2.24) is 5.32 Å². The highest BCUT2D eigenvalue weighted by molar-refractivity contribution is 6.31. The minimum atomic E-state index is -1.05. The van der Waals surface area contributed by atoms with Gasteiger partial charge in [0.25, 0.3) is 0 Å². The molecule has 0 radical (unpaired) electrons. The van der Waals surface area contributed by atoms with Gasteiger partial charge in [-0.1, -0.05) is 49.7 Å². The summed E-state index contributed by atoms with van der Waals surface area (Å²) < 4.78 is 0. The number of nitrogen functional groups attached to an aromatic ring is 1. The van der Waals surface area contributed by atoms with Gasteiger partial charge in [-0.05, 0) is 55.9 Å². The predicted octanol–water partition coefficient (Wildman–Crippen LogP) is 4.95. The van der Waals surface area contributed by atoms with Crippen LogP contribution >= 0.6 is 11.6 Å². The van der Waals surface area contributed by atoms with Crippen molar-refractivity contribution in [1.29, 1.82) is 5.26 Å². The number of carbonyl (C=O) groups excluding carboxylic acids is 1. The van der Waals surface area contributed by atoms with Gasteiger partial charge in [-0.25, -0.2) is 4.79 Å². The van der Waals surface area contributed by atoms with Crippen LogP contribution in [0.25, 0.3) is 0 Å². The molecule has 6 nitrogen and oxygen atoms in total. The first kappa shape index (κ1) is 26.3. The smallest absolute Gasteiger partial charge is 0.326 e. The average Bonchev–Trinajstić information content (AvgIpc) is 3.19. The lowest BCUT2D eigenvalue weighted by Gasteiger charge is -2.29. The summed E-state index contributed by atoms with van der Waals surface area (Å²) in [5, 5.41) is 21.5. The van der Waals surface area contributed by atoms with E-state index in [1.807, 2.05) is 6.92 Å². The van der Waals surface area contributed by atoms with Crippen molar-refractivity contribution >= 4 is 29.2 Å². The van der Waals surface area contributed by atoms with Crippen molar-refractivity contribution in [2.45, 2.75) is 64.3 Å². The third-order valence-electron chi connectivity index (χ3n) is 5.47. The Balaban J connectivity index is 0.000000703. The fourth-order valence-electron chi connectivity index (χ4n) is 3.55. The maximum absolute atomic E-state index is 12.8. The molecule has 1 saturated carbocycles. The molecule has 0 spiro atoms. The third kappa shape index (κ3) is 8.85. The number of nitrogens with one attached hydrogen (secondary N) is 1. The lowest BCUT2D eigenvalue weighted by molar-refractivity contribution is -0.144. The van der Waals surface area contributed by atoms with Gasteiger partial charge in [0, 0.05) is 29.0 Å². The molecule has 1 aliphatic carbocycles. The predicted molar refractivity (Wildman–Crippen MR) is 124 cm³/mol. The lowest BCUT2D eigenvalue weighted by Crippen LogP contribution is -2.48. The Kier molecular flexibility index (Phi) is 10.8. The van der Waals surface area contributed by atoms with Crippen molar-refractivity contribution in [3.63, 3.8) is 0 Å². The molecule has 0 aromatic heterocycles. The Morgan fingerprint density at radius 2 is 1.84 bits per heavy atom. The van der Waals surface area contributed by atoms with E-state index in [9.17, 15) is 14.7 Å². The molecule has 0 aliphatic heterocycles. The minimum absolute atomic E-state index is 0.189. The number of allylic oxidation sites excluding steroid dienone is 2. The second kappa shape index (κ2) is 12.8. The normalized spacial score (nSPS) is 15.0. The fourth-order valence-corrected chi connectivity index (χ4v) is 3.55. The lowest BCUT2D eigenvalue weighted by atomic mass is 9.80. The van der Waals surface area contributed by atoms with Gasteiger partial charge in [0.1, 0.15) is 6.04 Å². The van der Waals surface area contributed by atoms with Crippen LogP contribution in [0.3, 0.4) is 0 Å². The monoisotopic (exact) mass is 445 g/mol. The maximum atomic E-state index is 12.8. The zero-order chi connectivity index (χ0) is 23.4. The van der Waals surface area contributed by atoms with Crippen molar-refractivity contribution in [3.8, 4) is 6.07 Å².